The van der Waals surface area contributed by atoms with Gasteiger partial charge in [-0.05, 0) is 72.6 Å². The van der Waals surface area contributed by atoms with Gasteiger partial charge in [0.25, 0.3) is 0 Å². The molecule has 118 valence electrons. The molecule has 5 unspecified atom stereocenters. The van der Waals surface area contributed by atoms with Gasteiger partial charge in [-0.15, -0.1) is 0 Å². The number of hydrogen-bond acceptors (Lipinski definition) is 1. The van der Waals surface area contributed by atoms with Crippen LogP contribution in [0, 0.1) is 23.7 Å². The van der Waals surface area contributed by atoms with Crippen molar-refractivity contribution in [3.8, 4) is 5.75 Å². The third-order valence-corrected chi connectivity index (χ3v) is 7.19. The van der Waals surface area contributed by atoms with Crippen molar-refractivity contribution in [2.24, 2.45) is 23.7 Å². The highest BCUT2D eigenvalue weighted by Crippen LogP contribution is 2.67. The first-order valence-corrected chi connectivity index (χ1v) is 9.14. The first-order valence-electron chi connectivity index (χ1n) is 9.14. The van der Waals surface area contributed by atoms with Crippen LogP contribution in [0.2, 0.25) is 0 Å². The lowest BCUT2D eigenvalue weighted by Crippen LogP contribution is -2.40. The Morgan fingerprint density at radius 2 is 1.52 bits per heavy atom. The van der Waals surface area contributed by atoms with Crippen LogP contribution >= 0.6 is 0 Å². The summed E-state index contributed by atoms with van der Waals surface area (Å²) >= 11 is 0. The van der Waals surface area contributed by atoms with Gasteiger partial charge in [0.1, 0.15) is 5.75 Å². The van der Waals surface area contributed by atoms with Gasteiger partial charge in [0.2, 0.25) is 0 Å². The molecule has 0 aromatic heterocycles. The van der Waals surface area contributed by atoms with Crippen LogP contribution < -0.4 is 0 Å². The van der Waals surface area contributed by atoms with Gasteiger partial charge < -0.3 is 5.11 Å². The van der Waals surface area contributed by atoms with Crippen LogP contribution in [0.1, 0.15) is 43.2 Å². The van der Waals surface area contributed by atoms with E-state index in [0.29, 0.717) is 5.75 Å². The zero-order valence-electron chi connectivity index (χ0n) is 13.5. The fourth-order valence-electron chi connectivity index (χ4n) is 6.47. The molecule has 1 nitrogen and oxygen atoms in total. The van der Waals surface area contributed by atoms with Crippen LogP contribution in [0.5, 0.6) is 5.75 Å². The SMILES string of the molecule is Oc1ccc(C2(c3ccccc3)CC3CC2C2CCCC32)cc1. The van der Waals surface area contributed by atoms with Gasteiger partial charge in [0.15, 0.2) is 0 Å². The summed E-state index contributed by atoms with van der Waals surface area (Å²) in [7, 11) is 0. The molecule has 3 saturated carbocycles. The maximum absolute atomic E-state index is 9.74. The van der Waals surface area contributed by atoms with E-state index in [2.05, 4.69) is 42.5 Å². The van der Waals surface area contributed by atoms with E-state index in [0.717, 1.165) is 23.7 Å². The Labute approximate surface area is 138 Å². The number of aromatic hydroxyl groups is 1. The number of rotatable bonds is 2. The van der Waals surface area contributed by atoms with Crippen molar-refractivity contribution in [3.05, 3.63) is 65.7 Å². The minimum Gasteiger partial charge on any atom is -0.508 e. The topological polar surface area (TPSA) is 20.2 Å². The number of benzene rings is 2. The summed E-state index contributed by atoms with van der Waals surface area (Å²) in [5.74, 6) is 3.98. The standard InChI is InChI=1S/C22H24O/c23-18-11-9-17(10-12-18)22(16-5-2-1-3-6-16)14-15-13-21(22)20-8-4-7-19(15)20/h1-3,5-6,9-12,15,19-21,23H,4,7-8,13-14H2. The van der Waals surface area contributed by atoms with Gasteiger partial charge in [-0.2, -0.15) is 0 Å². The van der Waals surface area contributed by atoms with Crippen molar-refractivity contribution in [2.45, 2.75) is 37.5 Å². The maximum atomic E-state index is 9.74. The Morgan fingerprint density at radius 1 is 0.826 bits per heavy atom. The molecule has 2 aromatic rings. The molecule has 0 radical (unpaired) electrons. The Kier molecular flexibility index (Phi) is 2.89. The van der Waals surface area contributed by atoms with Crippen LogP contribution in [0.4, 0.5) is 0 Å². The normalized spacial score (nSPS) is 37.9. The predicted molar refractivity (Wildman–Crippen MR) is 92.4 cm³/mol. The van der Waals surface area contributed by atoms with E-state index in [9.17, 15) is 5.11 Å². The second-order valence-electron chi connectivity index (χ2n) is 7.95. The summed E-state index contributed by atoms with van der Waals surface area (Å²) in [6.07, 6.45) is 7.03. The molecule has 2 bridgehead atoms. The molecule has 23 heavy (non-hydrogen) atoms. The largest absolute Gasteiger partial charge is 0.508 e. The van der Waals surface area contributed by atoms with Gasteiger partial charge in [-0.25, -0.2) is 0 Å². The average molecular weight is 304 g/mol. The molecular formula is C22H24O. The van der Waals surface area contributed by atoms with Crippen molar-refractivity contribution in [1.82, 2.24) is 0 Å². The van der Waals surface area contributed by atoms with Crippen LogP contribution in [-0.2, 0) is 5.41 Å². The summed E-state index contributed by atoms with van der Waals surface area (Å²) in [5.41, 5.74) is 3.08. The van der Waals surface area contributed by atoms with Gasteiger partial charge in [-0.1, -0.05) is 48.9 Å². The molecule has 0 aliphatic heterocycles. The molecule has 5 rings (SSSR count). The molecular weight excluding hydrogens is 280 g/mol. The first kappa shape index (κ1) is 13.7. The molecule has 0 heterocycles. The molecule has 5 atom stereocenters. The molecule has 0 saturated heterocycles. The number of hydrogen-bond donors (Lipinski definition) is 1. The van der Waals surface area contributed by atoms with E-state index in [4.69, 9.17) is 0 Å². The van der Waals surface area contributed by atoms with Gasteiger partial charge in [-0.3, -0.25) is 0 Å². The summed E-state index contributed by atoms with van der Waals surface area (Å²) in [5, 5.41) is 9.74. The second-order valence-corrected chi connectivity index (χ2v) is 7.95. The number of fused-ring (bicyclic) bond motifs is 5. The van der Waals surface area contributed by atoms with Gasteiger partial charge >= 0.3 is 0 Å². The zero-order valence-corrected chi connectivity index (χ0v) is 13.5. The van der Waals surface area contributed by atoms with Crippen molar-refractivity contribution < 1.29 is 5.11 Å². The monoisotopic (exact) mass is 304 g/mol. The highest BCUT2D eigenvalue weighted by atomic mass is 16.3. The quantitative estimate of drug-likeness (QED) is 0.815. The molecule has 3 aliphatic rings. The molecule has 2 aromatic carbocycles. The summed E-state index contributed by atoms with van der Waals surface area (Å²) in [6.45, 7) is 0. The Balaban J connectivity index is 1.68. The Bertz CT molecular complexity index is 705. The van der Waals surface area contributed by atoms with Crippen molar-refractivity contribution >= 4 is 0 Å². The van der Waals surface area contributed by atoms with E-state index < -0.39 is 0 Å². The smallest absolute Gasteiger partial charge is 0.115 e. The number of phenolic OH excluding ortho intramolecular Hbond substituents is 1. The van der Waals surface area contributed by atoms with Gasteiger partial charge in [0.05, 0.1) is 0 Å². The number of phenols is 1. The molecule has 3 aliphatic carbocycles. The van der Waals surface area contributed by atoms with E-state index in [1.807, 2.05) is 12.1 Å². The summed E-state index contributed by atoms with van der Waals surface area (Å²) in [6, 6.07) is 19.3. The molecule has 1 heteroatoms. The third-order valence-electron chi connectivity index (χ3n) is 7.19. The summed E-state index contributed by atoms with van der Waals surface area (Å²) in [4.78, 5) is 0. The molecule has 1 N–H and O–H groups in total. The lowest BCUT2D eigenvalue weighted by atomic mass is 9.59. The van der Waals surface area contributed by atoms with E-state index >= 15 is 0 Å². The summed E-state index contributed by atoms with van der Waals surface area (Å²) < 4.78 is 0. The van der Waals surface area contributed by atoms with Crippen molar-refractivity contribution in [3.63, 3.8) is 0 Å². The van der Waals surface area contributed by atoms with E-state index in [1.165, 1.54) is 43.2 Å². The molecule has 0 spiro atoms. The Hall–Kier alpha value is -1.76. The molecule has 3 fully saturated rings. The third kappa shape index (κ3) is 1.80. The lowest BCUT2D eigenvalue weighted by Gasteiger charge is -2.44. The van der Waals surface area contributed by atoms with Crippen molar-refractivity contribution in [1.29, 1.82) is 0 Å². The lowest BCUT2D eigenvalue weighted by molar-refractivity contribution is 0.181. The predicted octanol–water partition coefficient (Wildman–Crippen LogP) is 5.13. The van der Waals surface area contributed by atoms with Crippen molar-refractivity contribution in [2.75, 3.05) is 0 Å². The highest BCUT2D eigenvalue weighted by molar-refractivity contribution is 5.45. The average Bonchev–Trinajstić information content (AvgIpc) is 3.28. The zero-order chi connectivity index (χ0) is 15.4. The van der Waals surface area contributed by atoms with E-state index in [1.54, 1.807) is 0 Å². The van der Waals surface area contributed by atoms with Crippen LogP contribution in [-0.4, -0.2) is 5.11 Å². The van der Waals surface area contributed by atoms with Crippen LogP contribution in [0.25, 0.3) is 0 Å². The maximum Gasteiger partial charge on any atom is 0.115 e. The fourth-order valence-corrected chi connectivity index (χ4v) is 6.47. The Morgan fingerprint density at radius 3 is 2.30 bits per heavy atom. The first-order chi connectivity index (χ1) is 11.3. The highest BCUT2D eigenvalue weighted by Gasteiger charge is 2.61. The van der Waals surface area contributed by atoms with Crippen LogP contribution in [0.15, 0.2) is 54.6 Å². The van der Waals surface area contributed by atoms with Crippen LogP contribution in [0.3, 0.4) is 0 Å². The van der Waals surface area contributed by atoms with Gasteiger partial charge in [0, 0.05) is 5.41 Å². The van der Waals surface area contributed by atoms with E-state index in [-0.39, 0.29) is 5.41 Å². The minimum absolute atomic E-state index is 0.172. The minimum atomic E-state index is 0.172. The second kappa shape index (κ2) is 4.87. The fraction of sp³-hybridized carbons (Fsp3) is 0.455. The molecule has 0 amide bonds.